The predicted octanol–water partition coefficient (Wildman–Crippen LogP) is 5.94. The van der Waals surface area contributed by atoms with Crippen LogP contribution in [0.15, 0.2) is 65.1 Å². The molecule has 6 nitrogen and oxygen atoms in total. The number of fused-ring (bicyclic) bond motifs is 1. The molecule has 4 rings (SSSR count). The molecule has 0 bridgehead atoms. The quantitative estimate of drug-likeness (QED) is 0.358. The lowest BCUT2D eigenvalue weighted by molar-refractivity contribution is 0.0977. The molecule has 0 saturated carbocycles. The van der Waals surface area contributed by atoms with Gasteiger partial charge in [-0.1, -0.05) is 23.2 Å². The first-order valence-corrected chi connectivity index (χ1v) is 10.2. The van der Waals surface area contributed by atoms with Gasteiger partial charge < -0.3 is 14.5 Å². The highest BCUT2D eigenvalue weighted by Gasteiger charge is 2.12. The zero-order valence-electron chi connectivity index (χ0n) is 16.1. The lowest BCUT2D eigenvalue weighted by Gasteiger charge is -2.10. The fourth-order valence-electron chi connectivity index (χ4n) is 2.83. The number of ether oxygens (including phenoxy) is 1. The van der Waals surface area contributed by atoms with Crippen LogP contribution in [0.25, 0.3) is 22.6 Å². The molecule has 31 heavy (non-hydrogen) atoms. The lowest BCUT2D eigenvalue weighted by Crippen LogP contribution is -2.34. The van der Waals surface area contributed by atoms with Gasteiger partial charge in [0, 0.05) is 22.9 Å². The smallest absolute Gasteiger partial charge is 0.257 e. The van der Waals surface area contributed by atoms with Crippen LogP contribution in [0.1, 0.15) is 10.4 Å². The van der Waals surface area contributed by atoms with E-state index < -0.39 is 5.91 Å². The second-order valence-electron chi connectivity index (χ2n) is 6.47. The van der Waals surface area contributed by atoms with Gasteiger partial charge in [-0.3, -0.25) is 10.1 Å². The molecule has 0 aliphatic heterocycles. The number of hydrogen-bond donors (Lipinski definition) is 2. The topological polar surface area (TPSA) is 76.4 Å². The molecule has 0 saturated heterocycles. The Hall–Kier alpha value is -3.13. The van der Waals surface area contributed by atoms with Crippen molar-refractivity contribution in [3.8, 4) is 17.2 Å². The number of hydrogen-bond acceptors (Lipinski definition) is 5. The highest BCUT2D eigenvalue weighted by Crippen LogP contribution is 2.27. The van der Waals surface area contributed by atoms with Gasteiger partial charge in [-0.25, -0.2) is 4.98 Å². The molecule has 0 spiro atoms. The van der Waals surface area contributed by atoms with Crippen molar-refractivity contribution in [3.05, 3.63) is 76.3 Å². The van der Waals surface area contributed by atoms with Gasteiger partial charge in [0.05, 0.1) is 17.2 Å². The summed E-state index contributed by atoms with van der Waals surface area (Å²) in [5.74, 6) is 0.809. The van der Waals surface area contributed by atoms with Gasteiger partial charge in [-0.2, -0.15) is 0 Å². The molecular formula is C22H15Cl2N3O3S. The van der Waals surface area contributed by atoms with Crippen molar-refractivity contribution < 1.29 is 13.9 Å². The summed E-state index contributed by atoms with van der Waals surface area (Å²) in [7, 11) is 1.60. The molecule has 1 amide bonds. The largest absolute Gasteiger partial charge is 0.497 e. The first kappa shape index (κ1) is 21.1. The number of benzene rings is 3. The SMILES string of the molecule is COc1ccc2oc(-c3ccc(NC(=S)NC(=O)c4ccc(Cl)c(Cl)c4)cc3)nc2c1. The van der Waals surface area contributed by atoms with Crippen LogP contribution >= 0.6 is 35.4 Å². The summed E-state index contributed by atoms with van der Waals surface area (Å²) < 4.78 is 11.0. The molecular weight excluding hydrogens is 457 g/mol. The maximum Gasteiger partial charge on any atom is 0.257 e. The van der Waals surface area contributed by atoms with Crippen LogP contribution in [0.5, 0.6) is 5.75 Å². The summed E-state index contributed by atoms with van der Waals surface area (Å²) in [4.78, 5) is 16.8. The number of carbonyl (C=O) groups excluding carboxylic acids is 1. The Labute approximate surface area is 193 Å². The summed E-state index contributed by atoms with van der Waals surface area (Å²) in [6.07, 6.45) is 0. The van der Waals surface area contributed by atoms with Crippen LogP contribution in [0.4, 0.5) is 5.69 Å². The van der Waals surface area contributed by atoms with Crippen LogP contribution < -0.4 is 15.4 Å². The molecule has 0 aliphatic carbocycles. The second kappa shape index (κ2) is 8.93. The minimum absolute atomic E-state index is 0.151. The van der Waals surface area contributed by atoms with Crippen LogP contribution in [0, 0.1) is 0 Å². The van der Waals surface area contributed by atoms with Gasteiger partial charge in [-0.15, -0.1) is 0 Å². The number of amides is 1. The molecule has 0 atom stereocenters. The number of aromatic nitrogens is 1. The van der Waals surface area contributed by atoms with E-state index >= 15 is 0 Å². The first-order chi connectivity index (χ1) is 14.9. The third kappa shape index (κ3) is 4.80. The van der Waals surface area contributed by atoms with Crippen LogP contribution in [0.2, 0.25) is 10.0 Å². The first-order valence-electron chi connectivity index (χ1n) is 9.05. The monoisotopic (exact) mass is 471 g/mol. The highest BCUT2D eigenvalue weighted by atomic mass is 35.5. The van der Waals surface area contributed by atoms with Gasteiger partial charge in [0.2, 0.25) is 5.89 Å². The van der Waals surface area contributed by atoms with E-state index in [1.165, 1.54) is 6.07 Å². The van der Waals surface area contributed by atoms with E-state index in [4.69, 9.17) is 44.6 Å². The highest BCUT2D eigenvalue weighted by molar-refractivity contribution is 7.80. The molecule has 9 heteroatoms. The molecule has 3 aromatic carbocycles. The van der Waals surface area contributed by atoms with Gasteiger partial charge in [0.15, 0.2) is 10.7 Å². The molecule has 1 aromatic heterocycles. The number of oxazole rings is 1. The number of nitrogens with zero attached hydrogens (tertiary/aromatic N) is 1. The average Bonchev–Trinajstić information content (AvgIpc) is 3.19. The molecule has 4 aromatic rings. The van der Waals surface area contributed by atoms with Gasteiger partial charge >= 0.3 is 0 Å². The summed E-state index contributed by atoms with van der Waals surface area (Å²) in [6, 6.07) is 17.3. The molecule has 1 heterocycles. The van der Waals surface area contributed by atoms with Gasteiger partial charge in [-0.05, 0) is 66.8 Å². The Morgan fingerprint density at radius 1 is 1.03 bits per heavy atom. The maximum atomic E-state index is 12.3. The van der Waals surface area contributed by atoms with Crippen LogP contribution in [-0.4, -0.2) is 23.1 Å². The third-order valence-electron chi connectivity index (χ3n) is 4.39. The third-order valence-corrected chi connectivity index (χ3v) is 5.34. The minimum atomic E-state index is -0.394. The van der Waals surface area contributed by atoms with E-state index in [1.54, 1.807) is 19.2 Å². The number of thiocarbonyl (C=S) groups is 1. The zero-order chi connectivity index (χ0) is 22.0. The van der Waals surface area contributed by atoms with E-state index in [-0.39, 0.29) is 5.11 Å². The summed E-state index contributed by atoms with van der Waals surface area (Å²) in [5.41, 5.74) is 3.22. The zero-order valence-corrected chi connectivity index (χ0v) is 18.4. The molecule has 156 valence electrons. The van der Waals surface area contributed by atoms with E-state index in [1.807, 2.05) is 42.5 Å². The average molecular weight is 472 g/mol. The number of nitrogens with one attached hydrogen (secondary N) is 2. The number of halogens is 2. The number of carbonyl (C=O) groups is 1. The van der Waals surface area contributed by atoms with Crippen LogP contribution in [-0.2, 0) is 0 Å². The van der Waals surface area contributed by atoms with Crippen molar-refractivity contribution in [2.75, 3.05) is 12.4 Å². The maximum absolute atomic E-state index is 12.3. The van der Waals surface area contributed by atoms with Crippen LogP contribution in [0.3, 0.4) is 0 Å². The van der Waals surface area contributed by atoms with Gasteiger partial charge in [0.1, 0.15) is 11.3 Å². The van der Waals surface area contributed by atoms with Crippen molar-refractivity contribution in [1.29, 1.82) is 0 Å². The van der Waals surface area contributed by atoms with Gasteiger partial charge in [0.25, 0.3) is 5.91 Å². The Balaban J connectivity index is 1.42. The molecule has 2 N–H and O–H groups in total. The summed E-state index contributed by atoms with van der Waals surface area (Å²) in [5, 5.41) is 6.38. The minimum Gasteiger partial charge on any atom is -0.497 e. The Bertz CT molecular complexity index is 1290. The van der Waals surface area contributed by atoms with E-state index in [9.17, 15) is 4.79 Å². The fourth-order valence-corrected chi connectivity index (χ4v) is 3.34. The van der Waals surface area contributed by atoms with Crippen molar-refractivity contribution in [3.63, 3.8) is 0 Å². The predicted molar refractivity (Wildman–Crippen MR) is 126 cm³/mol. The van der Waals surface area contributed by atoms with Crippen molar-refractivity contribution in [2.24, 2.45) is 0 Å². The standard InChI is InChI=1S/C22H15Cl2N3O3S/c1-29-15-7-9-19-18(11-15)26-21(30-19)12-2-5-14(6-3-12)25-22(31)27-20(28)13-4-8-16(23)17(24)10-13/h2-11H,1H3,(H2,25,27,28,31). The molecule has 0 aliphatic rings. The van der Waals surface area contributed by atoms with Crippen molar-refractivity contribution in [2.45, 2.75) is 0 Å². The Kier molecular flexibility index (Phi) is 6.08. The second-order valence-corrected chi connectivity index (χ2v) is 7.69. The molecule has 0 unspecified atom stereocenters. The molecule has 0 fully saturated rings. The number of methoxy groups -OCH3 is 1. The Morgan fingerprint density at radius 2 is 1.81 bits per heavy atom. The summed E-state index contributed by atoms with van der Waals surface area (Å²) >= 11 is 17.0. The van der Waals surface area contributed by atoms with Crippen molar-refractivity contribution >= 4 is 63.2 Å². The summed E-state index contributed by atoms with van der Waals surface area (Å²) in [6.45, 7) is 0. The molecule has 0 radical (unpaired) electrons. The van der Waals surface area contributed by atoms with Crippen molar-refractivity contribution in [1.82, 2.24) is 10.3 Å². The normalized spacial score (nSPS) is 10.7. The number of anilines is 1. The Morgan fingerprint density at radius 3 is 2.52 bits per heavy atom. The van der Waals surface area contributed by atoms with E-state index in [2.05, 4.69) is 15.6 Å². The van der Waals surface area contributed by atoms with E-state index in [0.29, 0.717) is 44.0 Å². The lowest BCUT2D eigenvalue weighted by atomic mass is 10.2. The number of rotatable bonds is 4. The van der Waals surface area contributed by atoms with E-state index in [0.717, 1.165) is 5.56 Å². The fraction of sp³-hybridized carbons (Fsp3) is 0.0455.